The fourth-order valence-corrected chi connectivity index (χ4v) is 3.86. The molecule has 2 aliphatic rings. The molecule has 1 aliphatic heterocycles. The fraction of sp³-hybridized carbons (Fsp3) is 0.429. The third kappa shape index (κ3) is 4.13. The van der Waals surface area contributed by atoms with Gasteiger partial charge in [-0.3, -0.25) is 4.79 Å². The second-order valence-electron chi connectivity index (χ2n) is 7.09. The van der Waals surface area contributed by atoms with Gasteiger partial charge in [0.2, 0.25) is 5.91 Å². The van der Waals surface area contributed by atoms with Crippen LogP contribution in [0.3, 0.4) is 0 Å². The summed E-state index contributed by atoms with van der Waals surface area (Å²) >= 11 is 0. The highest BCUT2D eigenvalue weighted by atomic mass is 16.5. The molecule has 0 bridgehead atoms. The van der Waals surface area contributed by atoms with Gasteiger partial charge in [0.25, 0.3) is 0 Å². The van der Waals surface area contributed by atoms with Crippen molar-refractivity contribution in [3.8, 4) is 5.75 Å². The number of methoxy groups -OCH3 is 1. The van der Waals surface area contributed by atoms with Crippen molar-refractivity contribution < 1.29 is 9.53 Å². The number of nitrogens with one attached hydrogen (secondary N) is 1. The van der Waals surface area contributed by atoms with Crippen molar-refractivity contribution in [3.63, 3.8) is 0 Å². The largest absolute Gasteiger partial charge is 0.495 e. The SMILES string of the molecule is C=C(N=C1/C(=C\N)N(C)C(=O)CCN1C1CCCC1)Nc1ccccc1OC. The molecule has 3 N–H and O–H groups in total. The van der Waals surface area contributed by atoms with E-state index in [0.29, 0.717) is 42.1 Å². The van der Waals surface area contributed by atoms with Crippen molar-refractivity contribution in [2.75, 3.05) is 26.0 Å². The molecule has 0 radical (unpaired) electrons. The second kappa shape index (κ2) is 8.82. The maximum absolute atomic E-state index is 12.4. The van der Waals surface area contributed by atoms with Gasteiger partial charge in [0, 0.05) is 32.3 Å². The van der Waals surface area contributed by atoms with Crippen LogP contribution in [-0.4, -0.2) is 48.3 Å². The van der Waals surface area contributed by atoms with Gasteiger partial charge in [0.05, 0.1) is 12.8 Å². The van der Waals surface area contributed by atoms with Crippen LogP contribution < -0.4 is 15.8 Å². The molecule has 1 aliphatic carbocycles. The lowest BCUT2D eigenvalue weighted by molar-refractivity contribution is -0.127. The number of carbonyl (C=O) groups excluding carboxylic acids is 1. The van der Waals surface area contributed by atoms with E-state index in [9.17, 15) is 4.79 Å². The van der Waals surface area contributed by atoms with Crippen molar-refractivity contribution in [1.29, 1.82) is 0 Å². The van der Waals surface area contributed by atoms with Crippen molar-refractivity contribution in [2.45, 2.75) is 38.1 Å². The zero-order valence-electron chi connectivity index (χ0n) is 16.6. The first-order valence-corrected chi connectivity index (χ1v) is 9.68. The topological polar surface area (TPSA) is 83.2 Å². The molecule has 1 saturated heterocycles. The zero-order valence-corrected chi connectivity index (χ0v) is 16.6. The van der Waals surface area contributed by atoms with Crippen molar-refractivity contribution >= 4 is 17.4 Å². The van der Waals surface area contributed by atoms with Crippen LogP contribution in [0.1, 0.15) is 32.1 Å². The van der Waals surface area contributed by atoms with Crippen LogP contribution >= 0.6 is 0 Å². The monoisotopic (exact) mass is 383 g/mol. The molecular weight excluding hydrogens is 354 g/mol. The lowest BCUT2D eigenvalue weighted by Crippen LogP contribution is -2.41. The van der Waals surface area contributed by atoms with Crippen LogP contribution in [0, 0.1) is 0 Å². The first-order valence-electron chi connectivity index (χ1n) is 9.68. The van der Waals surface area contributed by atoms with Gasteiger partial charge in [0.1, 0.15) is 17.3 Å². The number of amidine groups is 1. The second-order valence-corrected chi connectivity index (χ2v) is 7.09. The predicted octanol–water partition coefficient (Wildman–Crippen LogP) is 2.88. The summed E-state index contributed by atoms with van der Waals surface area (Å²) in [6.45, 7) is 4.70. The van der Waals surface area contributed by atoms with E-state index in [0.717, 1.165) is 18.5 Å². The first kappa shape index (κ1) is 19.8. The molecule has 7 heteroatoms. The van der Waals surface area contributed by atoms with Crippen LogP contribution in [0.5, 0.6) is 5.75 Å². The summed E-state index contributed by atoms with van der Waals surface area (Å²) in [5.41, 5.74) is 7.31. The summed E-state index contributed by atoms with van der Waals surface area (Å²) in [5, 5.41) is 3.21. The molecule has 1 saturated carbocycles. The summed E-state index contributed by atoms with van der Waals surface area (Å²) in [6.07, 6.45) is 6.49. The van der Waals surface area contributed by atoms with Crippen molar-refractivity contribution in [3.05, 3.63) is 48.6 Å². The molecule has 150 valence electrons. The van der Waals surface area contributed by atoms with E-state index < -0.39 is 0 Å². The Hall–Kier alpha value is -2.96. The molecule has 7 nitrogen and oxygen atoms in total. The minimum atomic E-state index is 0.0354. The number of rotatable bonds is 5. The first-order chi connectivity index (χ1) is 13.5. The lowest BCUT2D eigenvalue weighted by Gasteiger charge is -2.31. The Morgan fingerprint density at radius 1 is 1.36 bits per heavy atom. The van der Waals surface area contributed by atoms with Gasteiger partial charge in [-0.25, -0.2) is 4.99 Å². The Bertz CT molecular complexity index is 796. The van der Waals surface area contributed by atoms with Gasteiger partial charge >= 0.3 is 0 Å². The van der Waals surface area contributed by atoms with Crippen molar-refractivity contribution in [2.24, 2.45) is 10.7 Å². The summed E-state index contributed by atoms with van der Waals surface area (Å²) < 4.78 is 5.39. The van der Waals surface area contributed by atoms with E-state index in [1.54, 1.807) is 19.1 Å². The van der Waals surface area contributed by atoms with Gasteiger partial charge < -0.3 is 25.6 Å². The van der Waals surface area contributed by atoms with Crippen molar-refractivity contribution in [1.82, 2.24) is 9.80 Å². The number of anilines is 1. The van der Waals surface area contributed by atoms with Crippen LogP contribution in [0.4, 0.5) is 5.69 Å². The van der Waals surface area contributed by atoms with E-state index >= 15 is 0 Å². The molecule has 0 unspecified atom stereocenters. The fourth-order valence-electron chi connectivity index (χ4n) is 3.86. The summed E-state index contributed by atoms with van der Waals surface area (Å²) in [7, 11) is 3.36. The molecule has 1 amide bonds. The maximum Gasteiger partial charge on any atom is 0.228 e. The molecule has 0 atom stereocenters. The average molecular weight is 383 g/mol. The van der Waals surface area contributed by atoms with E-state index in [2.05, 4.69) is 16.8 Å². The Balaban J connectivity index is 1.94. The smallest absolute Gasteiger partial charge is 0.228 e. The van der Waals surface area contributed by atoms with E-state index in [1.165, 1.54) is 19.0 Å². The molecule has 1 heterocycles. The van der Waals surface area contributed by atoms with Gasteiger partial charge in [-0.1, -0.05) is 31.6 Å². The van der Waals surface area contributed by atoms with Gasteiger partial charge in [-0.15, -0.1) is 0 Å². The normalized spacial score (nSPS) is 21.3. The van der Waals surface area contributed by atoms with Crippen LogP contribution in [-0.2, 0) is 4.79 Å². The van der Waals surface area contributed by atoms with E-state index in [-0.39, 0.29) is 5.91 Å². The minimum absolute atomic E-state index is 0.0354. The number of carbonyl (C=O) groups is 1. The highest BCUT2D eigenvalue weighted by molar-refractivity contribution is 6.03. The zero-order chi connectivity index (χ0) is 20.1. The highest BCUT2D eigenvalue weighted by Gasteiger charge is 2.33. The molecule has 0 aromatic heterocycles. The summed E-state index contributed by atoms with van der Waals surface area (Å²) in [6, 6.07) is 7.96. The number of nitrogens with zero attached hydrogens (tertiary/aromatic N) is 3. The van der Waals surface area contributed by atoms with Crippen LogP contribution in [0.25, 0.3) is 0 Å². The third-order valence-corrected chi connectivity index (χ3v) is 5.35. The Kier molecular flexibility index (Phi) is 6.23. The summed E-state index contributed by atoms with van der Waals surface area (Å²) in [5.74, 6) is 1.90. The van der Waals surface area contributed by atoms with Gasteiger partial charge in [0.15, 0.2) is 5.84 Å². The number of likely N-dealkylation sites (N-methyl/N-ethyl adjacent to an activating group) is 1. The highest BCUT2D eigenvalue weighted by Crippen LogP contribution is 2.29. The molecule has 28 heavy (non-hydrogen) atoms. The quantitative estimate of drug-likeness (QED) is 0.817. The van der Waals surface area contributed by atoms with E-state index in [4.69, 9.17) is 15.5 Å². The minimum Gasteiger partial charge on any atom is -0.495 e. The number of aliphatic imine (C=N–C) groups is 1. The molecule has 0 spiro atoms. The molecule has 1 aromatic rings. The maximum atomic E-state index is 12.4. The lowest BCUT2D eigenvalue weighted by atomic mass is 10.2. The summed E-state index contributed by atoms with van der Waals surface area (Å²) in [4.78, 5) is 21.0. The number of hydrogen-bond donors (Lipinski definition) is 2. The Morgan fingerprint density at radius 3 is 2.75 bits per heavy atom. The predicted molar refractivity (Wildman–Crippen MR) is 112 cm³/mol. The third-order valence-electron chi connectivity index (χ3n) is 5.35. The molecular formula is C21H29N5O2. The molecule has 3 rings (SSSR count). The number of para-hydroxylation sites is 2. The number of amides is 1. The van der Waals surface area contributed by atoms with Crippen LogP contribution in [0.2, 0.25) is 0 Å². The molecule has 1 aromatic carbocycles. The molecule has 2 fully saturated rings. The number of benzene rings is 1. The number of nitrogens with two attached hydrogens (primary N) is 1. The van der Waals surface area contributed by atoms with Gasteiger partial charge in [-0.05, 0) is 25.0 Å². The van der Waals surface area contributed by atoms with E-state index in [1.807, 2.05) is 24.3 Å². The average Bonchev–Trinajstić information content (AvgIpc) is 3.19. The Morgan fingerprint density at radius 2 is 2.07 bits per heavy atom. The Labute approximate surface area is 166 Å². The number of hydrogen-bond acceptors (Lipinski definition) is 5. The standard InChI is InChI=1S/C21H29N5O2/c1-15(23-17-10-6-7-11-19(17)28-3)24-21-18(14-22)25(2)20(27)12-13-26(21)16-8-4-5-9-16/h6-7,10-11,14,16,23H,1,4-5,8-9,12-13,22H2,2-3H3/b18-14+,24-21?. The van der Waals surface area contributed by atoms with Crippen LogP contribution in [0.15, 0.2) is 53.6 Å². The van der Waals surface area contributed by atoms with Gasteiger partial charge in [-0.2, -0.15) is 0 Å². The number of ether oxygens (including phenoxy) is 1.